The van der Waals surface area contributed by atoms with E-state index >= 15 is 0 Å². The molecule has 5 heteroatoms. The summed E-state index contributed by atoms with van der Waals surface area (Å²) in [5, 5.41) is 5.78. The van der Waals surface area contributed by atoms with Gasteiger partial charge in [0.2, 0.25) is 11.8 Å². The van der Waals surface area contributed by atoms with E-state index < -0.39 is 6.04 Å². The highest BCUT2D eigenvalue weighted by molar-refractivity contribution is 5.92. The molecule has 0 aliphatic rings. The Morgan fingerprint density at radius 2 is 1.69 bits per heavy atom. The zero-order valence-corrected chi connectivity index (χ0v) is 15.9. The normalized spacial score (nSPS) is 11.9. The number of nitrogens with zero attached hydrogens (tertiary/aromatic N) is 1. The van der Waals surface area contributed by atoms with Crippen molar-refractivity contribution in [2.24, 2.45) is 0 Å². The van der Waals surface area contributed by atoms with Gasteiger partial charge in [-0.05, 0) is 51.1 Å². The minimum atomic E-state index is -0.400. The van der Waals surface area contributed by atoms with Crippen molar-refractivity contribution >= 4 is 17.5 Å². The smallest absolute Gasteiger partial charge is 0.238 e. The maximum atomic E-state index is 12.4. The van der Waals surface area contributed by atoms with Gasteiger partial charge in [0.25, 0.3) is 0 Å². The molecular weight excluding hydrogens is 326 g/mol. The average molecular weight is 353 g/mol. The summed E-state index contributed by atoms with van der Waals surface area (Å²) in [6.45, 7) is 6.45. The van der Waals surface area contributed by atoms with Gasteiger partial charge in [0.15, 0.2) is 0 Å². The van der Waals surface area contributed by atoms with Gasteiger partial charge in [-0.1, -0.05) is 42.0 Å². The Balaban J connectivity index is 1.82. The van der Waals surface area contributed by atoms with Crippen LogP contribution in [0.4, 0.5) is 5.69 Å². The zero-order chi connectivity index (χ0) is 19.1. The van der Waals surface area contributed by atoms with Crippen molar-refractivity contribution in [1.82, 2.24) is 10.2 Å². The third kappa shape index (κ3) is 5.70. The van der Waals surface area contributed by atoms with Gasteiger partial charge < -0.3 is 10.6 Å². The number of nitrogens with one attached hydrogen (secondary N) is 2. The van der Waals surface area contributed by atoms with E-state index in [-0.39, 0.29) is 18.4 Å². The second-order valence-corrected chi connectivity index (χ2v) is 6.65. The van der Waals surface area contributed by atoms with E-state index in [9.17, 15) is 9.59 Å². The molecule has 1 unspecified atom stereocenters. The minimum absolute atomic E-state index is 0.0983. The van der Waals surface area contributed by atoms with Crippen LogP contribution in [-0.2, 0) is 16.1 Å². The Morgan fingerprint density at radius 1 is 1.04 bits per heavy atom. The number of aryl methyl sites for hydroxylation is 2. The number of hydrogen-bond acceptors (Lipinski definition) is 3. The number of benzene rings is 2. The molecule has 0 aliphatic carbocycles. The van der Waals surface area contributed by atoms with Gasteiger partial charge in [0.1, 0.15) is 0 Å². The Kier molecular flexibility index (Phi) is 6.92. The van der Waals surface area contributed by atoms with Crippen molar-refractivity contribution in [3.05, 3.63) is 65.2 Å². The van der Waals surface area contributed by atoms with Gasteiger partial charge in [-0.25, -0.2) is 0 Å². The van der Waals surface area contributed by atoms with E-state index in [1.54, 1.807) is 18.9 Å². The first kappa shape index (κ1) is 19.7. The molecule has 0 radical (unpaired) electrons. The molecule has 2 rings (SSSR count). The molecule has 138 valence electrons. The standard InChI is InChI=1S/C21H27N3O2/c1-15-9-11-19(12-10-15)23-20(25)14-24(4)17(3)21(26)22-13-18-8-6-5-7-16(18)2/h5-12,17H,13-14H2,1-4H3,(H,22,26)(H,23,25). The maximum Gasteiger partial charge on any atom is 0.238 e. The molecule has 2 aromatic carbocycles. The molecule has 0 aromatic heterocycles. The van der Waals surface area contributed by atoms with E-state index in [2.05, 4.69) is 10.6 Å². The largest absolute Gasteiger partial charge is 0.351 e. The Bertz CT molecular complexity index is 756. The van der Waals surface area contributed by atoms with E-state index in [1.165, 1.54) is 0 Å². The fourth-order valence-corrected chi connectivity index (χ4v) is 2.54. The lowest BCUT2D eigenvalue weighted by Gasteiger charge is -2.23. The molecule has 5 nitrogen and oxygen atoms in total. The predicted octanol–water partition coefficient (Wildman–Crippen LogP) is 2.88. The van der Waals surface area contributed by atoms with Gasteiger partial charge in [-0.2, -0.15) is 0 Å². The minimum Gasteiger partial charge on any atom is -0.351 e. The monoisotopic (exact) mass is 353 g/mol. The number of anilines is 1. The van der Waals surface area contributed by atoms with Crippen LogP contribution >= 0.6 is 0 Å². The SMILES string of the molecule is Cc1ccc(NC(=O)CN(C)C(C)C(=O)NCc2ccccc2C)cc1. The Hall–Kier alpha value is -2.66. The second-order valence-electron chi connectivity index (χ2n) is 6.65. The van der Waals surface area contributed by atoms with E-state index in [0.717, 1.165) is 22.4 Å². The van der Waals surface area contributed by atoms with Crippen molar-refractivity contribution in [3.8, 4) is 0 Å². The molecule has 2 N–H and O–H groups in total. The lowest BCUT2D eigenvalue weighted by molar-refractivity contribution is -0.126. The van der Waals surface area contributed by atoms with Crippen LogP contribution in [0.2, 0.25) is 0 Å². The molecule has 0 aliphatic heterocycles. The van der Waals surface area contributed by atoms with Crippen molar-refractivity contribution in [3.63, 3.8) is 0 Å². The summed E-state index contributed by atoms with van der Waals surface area (Å²) in [7, 11) is 1.77. The van der Waals surface area contributed by atoms with Gasteiger partial charge >= 0.3 is 0 Å². The molecular formula is C21H27N3O2. The molecule has 0 saturated heterocycles. The van der Waals surface area contributed by atoms with Crippen molar-refractivity contribution < 1.29 is 9.59 Å². The molecule has 0 saturated carbocycles. The molecule has 1 atom stereocenters. The number of likely N-dealkylation sites (N-methyl/N-ethyl adjacent to an activating group) is 1. The Morgan fingerprint density at radius 3 is 2.35 bits per heavy atom. The first-order valence-electron chi connectivity index (χ1n) is 8.76. The lowest BCUT2D eigenvalue weighted by atomic mass is 10.1. The van der Waals surface area contributed by atoms with Crippen LogP contribution in [-0.4, -0.2) is 36.3 Å². The highest BCUT2D eigenvalue weighted by atomic mass is 16.2. The third-order valence-corrected chi connectivity index (χ3v) is 4.48. The maximum absolute atomic E-state index is 12.4. The molecule has 26 heavy (non-hydrogen) atoms. The van der Waals surface area contributed by atoms with Crippen LogP contribution in [0, 0.1) is 13.8 Å². The van der Waals surface area contributed by atoms with Crippen LogP contribution in [0.5, 0.6) is 0 Å². The fourth-order valence-electron chi connectivity index (χ4n) is 2.54. The molecule has 2 amide bonds. The first-order valence-corrected chi connectivity index (χ1v) is 8.76. The summed E-state index contributed by atoms with van der Waals surface area (Å²) in [5.74, 6) is -0.242. The van der Waals surface area contributed by atoms with Crippen molar-refractivity contribution in [2.45, 2.75) is 33.4 Å². The molecule has 2 aromatic rings. The Labute approximate surface area is 155 Å². The summed E-state index contributed by atoms with van der Waals surface area (Å²) in [6, 6.07) is 15.2. The summed E-state index contributed by atoms with van der Waals surface area (Å²) in [4.78, 5) is 26.3. The van der Waals surface area contributed by atoms with Crippen molar-refractivity contribution in [1.29, 1.82) is 0 Å². The number of carbonyl (C=O) groups excluding carboxylic acids is 2. The molecule has 0 heterocycles. The van der Waals surface area contributed by atoms with Crippen LogP contribution in [0.1, 0.15) is 23.6 Å². The predicted molar refractivity (Wildman–Crippen MR) is 105 cm³/mol. The van der Waals surface area contributed by atoms with E-state index in [1.807, 2.05) is 62.4 Å². The van der Waals surface area contributed by atoms with E-state index in [4.69, 9.17) is 0 Å². The summed E-state index contributed by atoms with van der Waals surface area (Å²) < 4.78 is 0. The second kappa shape index (κ2) is 9.15. The number of hydrogen-bond donors (Lipinski definition) is 2. The highest BCUT2D eigenvalue weighted by Gasteiger charge is 2.20. The first-order chi connectivity index (χ1) is 12.4. The number of carbonyl (C=O) groups is 2. The number of amides is 2. The summed E-state index contributed by atoms with van der Waals surface area (Å²) in [5.41, 5.74) is 4.13. The highest BCUT2D eigenvalue weighted by Crippen LogP contribution is 2.09. The molecule has 0 bridgehead atoms. The molecule has 0 fully saturated rings. The lowest BCUT2D eigenvalue weighted by Crippen LogP contribution is -2.45. The molecule has 0 spiro atoms. The topological polar surface area (TPSA) is 61.4 Å². The van der Waals surface area contributed by atoms with Crippen LogP contribution in [0.3, 0.4) is 0 Å². The quantitative estimate of drug-likeness (QED) is 0.805. The van der Waals surface area contributed by atoms with E-state index in [0.29, 0.717) is 6.54 Å². The summed E-state index contributed by atoms with van der Waals surface area (Å²) >= 11 is 0. The fraction of sp³-hybridized carbons (Fsp3) is 0.333. The van der Waals surface area contributed by atoms with Gasteiger partial charge in [0.05, 0.1) is 12.6 Å². The zero-order valence-electron chi connectivity index (χ0n) is 15.9. The van der Waals surface area contributed by atoms with Gasteiger partial charge in [-0.15, -0.1) is 0 Å². The van der Waals surface area contributed by atoms with Crippen LogP contribution in [0.15, 0.2) is 48.5 Å². The third-order valence-electron chi connectivity index (χ3n) is 4.48. The van der Waals surface area contributed by atoms with Crippen molar-refractivity contribution in [2.75, 3.05) is 18.9 Å². The van der Waals surface area contributed by atoms with Crippen LogP contribution in [0.25, 0.3) is 0 Å². The van der Waals surface area contributed by atoms with Gasteiger partial charge in [-0.3, -0.25) is 14.5 Å². The average Bonchev–Trinajstić information content (AvgIpc) is 2.62. The number of rotatable bonds is 7. The summed E-state index contributed by atoms with van der Waals surface area (Å²) in [6.07, 6.45) is 0. The van der Waals surface area contributed by atoms with Crippen LogP contribution < -0.4 is 10.6 Å². The van der Waals surface area contributed by atoms with Gasteiger partial charge in [0, 0.05) is 12.2 Å².